The molecule has 0 spiro atoms. The van der Waals surface area contributed by atoms with Gasteiger partial charge in [0, 0.05) is 49.6 Å². The first kappa shape index (κ1) is 15.4. The normalized spacial score (nSPS) is 17.5. The van der Waals surface area contributed by atoms with E-state index in [0.29, 0.717) is 6.54 Å². The van der Waals surface area contributed by atoms with E-state index < -0.39 is 6.10 Å². The molecule has 1 aliphatic heterocycles. The van der Waals surface area contributed by atoms with Gasteiger partial charge >= 0.3 is 0 Å². The highest BCUT2D eigenvalue weighted by atomic mass is 79.9. The summed E-state index contributed by atoms with van der Waals surface area (Å²) in [6, 6.07) is 9.67. The predicted octanol–water partition coefficient (Wildman–Crippen LogP) is 2.09. The first-order chi connectivity index (χ1) is 10.7. The monoisotopic (exact) mass is 362 g/mol. The lowest BCUT2D eigenvalue weighted by Gasteiger charge is -2.35. The minimum atomic E-state index is -0.451. The number of halogens is 1. The largest absolute Gasteiger partial charge is 0.387 e. The molecule has 1 saturated heterocycles. The maximum Gasteiger partial charge on any atom is 0.225 e. The number of β-amino-alcohol motifs (C(OH)–C–C–N with tert-alkyl or cyclic N) is 1. The van der Waals surface area contributed by atoms with Crippen LogP contribution < -0.4 is 4.90 Å². The van der Waals surface area contributed by atoms with Gasteiger partial charge in [-0.1, -0.05) is 28.1 Å². The van der Waals surface area contributed by atoms with Crippen LogP contribution in [0.1, 0.15) is 11.7 Å². The average Bonchev–Trinajstić information content (AvgIpc) is 2.57. The van der Waals surface area contributed by atoms with Crippen LogP contribution in [0.4, 0.5) is 5.95 Å². The van der Waals surface area contributed by atoms with Crippen molar-refractivity contribution in [1.82, 2.24) is 14.9 Å². The zero-order valence-corrected chi connectivity index (χ0v) is 13.9. The van der Waals surface area contributed by atoms with Crippen LogP contribution in [0.2, 0.25) is 0 Å². The number of hydrogen-bond donors (Lipinski definition) is 1. The summed E-state index contributed by atoms with van der Waals surface area (Å²) in [6.45, 7) is 4.25. The molecule has 0 bridgehead atoms. The van der Waals surface area contributed by atoms with E-state index in [4.69, 9.17) is 0 Å². The maximum absolute atomic E-state index is 10.4. The van der Waals surface area contributed by atoms with E-state index in [-0.39, 0.29) is 0 Å². The number of nitrogens with zero attached hydrogens (tertiary/aromatic N) is 4. The second kappa shape index (κ2) is 7.17. The Morgan fingerprint density at radius 1 is 1.05 bits per heavy atom. The highest BCUT2D eigenvalue weighted by Crippen LogP contribution is 2.19. The molecule has 0 radical (unpaired) electrons. The Bertz CT molecular complexity index is 585. The minimum absolute atomic E-state index is 0.451. The number of anilines is 1. The third kappa shape index (κ3) is 3.82. The molecule has 116 valence electrons. The summed E-state index contributed by atoms with van der Waals surface area (Å²) in [5, 5.41) is 10.4. The Morgan fingerprint density at radius 2 is 1.68 bits per heavy atom. The van der Waals surface area contributed by atoms with Gasteiger partial charge in [-0.25, -0.2) is 9.97 Å². The van der Waals surface area contributed by atoms with Gasteiger partial charge in [0.25, 0.3) is 0 Å². The fourth-order valence-corrected chi connectivity index (χ4v) is 2.88. The second-order valence-corrected chi connectivity index (χ2v) is 6.32. The van der Waals surface area contributed by atoms with Crippen molar-refractivity contribution in [1.29, 1.82) is 0 Å². The number of benzene rings is 1. The van der Waals surface area contributed by atoms with E-state index in [0.717, 1.165) is 42.2 Å². The molecule has 0 saturated carbocycles. The summed E-state index contributed by atoms with van der Waals surface area (Å²) in [4.78, 5) is 13.0. The van der Waals surface area contributed by atoms with E-state index in [1.54, 1.807) is 12.4 Å². The highest BCUT2D eigenvalue weighted by molar-refractivity contribution is 9.10. The van der Waals surface area contributed by atoms with Crippen LogP contribution in [0.15, 0.2) is 47.2 Å². The molecule has 1 aromatic heterocycles. The second-order valence-electron chi connectivity index (χ2n) is 5.40. The Balaban J connectivity index is 1.52. The number of piperazine rings is 1. The number of rotatable bonds is 4. The molecule has 1 N–H and O–H groups in total. The summed E-state index contributed by atoms with van der Waals surface area (Å²) in [5.74, 6) is 0.788. The van der Waals surface area contributed by atoms with Crippen LogP contribution in [-0.2, 0) is 0 Å². The lowest BCUT2D eigenvalue weighted by atomic mass is 10.1. The average molecular weight is 363 g/mol. The van der Waals surface area contributed by atoms with Crippen molar-refractivity contribution in [2.75, 3.05) is 37.6 Å². The van der Waals surface area contributed by atoms with Crippen molar-refractivity contribution in [3.63, 3.8) is 0 Å². The summed E-state index contributed by atoms with van der Waals surface area (Å²) >= 11 is 3.41. The van der Waals surface area contributed by atoms with Crippen molar-refractivity contribution in [2.45, 2.75) is 6.10 Å². The quantitative estimate of drug-likeness (QED) is 0.902. The summed E-state index contributed by atoms with van der Waals surface area (Å²) in [5.41, 5.74) is 0.956. The van der Waals surface area contributed by atoms with Crippen molar-refractivity contribution in [2.24, 2.45) is 0 Å². The molecule has 1 aliphatic rings. The van der Waals surface area contributed by atoms with E-state index in [1.165, 1.54) is 0 Å². The van der Waals surface area contributed by atoms with Crippen LogP contribution in [0.5, 0.6) is 0 Å². The van der Waals surface area contributed by atoms with E-state index >= 15 is 0 Å². The molecule has 1 fully saturated rings. The molecule has 0 amide bonds. The zero-order valence-electron chi connectivity index (χ0n) is 12.3. The van der Waals surface area contributed by atoms with Crippen LogP contribution in [0.3, 0.4) is 0 Å². The fourth-order valence-electron chi connectivity index (χ4n) is 2.62. The molecule has 2 aromatic rings. The van der Waals surface area contributed by atoms with Gasteiger partial charge in [0.2, 0.25) is 5.95 Å². The first-order valence-electron chi connectivity index (χ1n) is 7.40. The van der Waals surface area contributed by atoms with Crippen molar-refractivity contribution in [3.05, 3.63) is 52.8 Å². The third-order valence-corrected chi connectivity index (χ3v) is 4.42. The molecule has 0 aliphatic carbocycles. The Kier molecular flexibility index (Phi) is 5.02. The fraction of sp³-hybridized carbons (Fsp3) is 0.375. The Morgan fingerprint density at radius 3 is 2.32 bits per heavy atom. The summed E-state index contributed by atoms with van der Waals surface area (Å²) in [7, 11) is 0. The third-order valence-electron chi connectivity index (χ3n) is 3.89. The molecule has 3 rings (SSSR count). The molecule has 22 heavy (non-hydrogen) atoms. The number of hydrogen-bond acceptors (Lipinski definition) is 5. The molecule has 1 atom stereocenters. The zero-order chi connectivity index (χ0) is 15.4. The van der Waals surface area contributed by atoms with Gasteiger partial charge in [0.15, 0.2) is 0 Å². The van der Waals surface area contributed by atoms with Crippen LogP contribution >= 0.6 is 15.9 Å². The van der Waals surface area contributed by atoms with Gasteiger partial charge in [-0.15, -0.1) is 0 Å². The molecule has 6 heteroatoms. The van der Waals surface area contributed by atoms with Crippen LogP contribution in [0, 0.1) is 0 Å². The first-order valence-corrected chi connectivity index (χ1v) is 8.19. The standard InChI is InChI=1S/C16H19BrN4O/c17-14-4-2-13(3-5-14)15(22)12-20-8-10-21(11-9-20)16-18-6-1-7-19-16/h1-7,15,22H,8-12H2/t15-/m0/s1. The van der Waals surface area contributed by atoms with Gasteiger partial charge in [0.05, 0.1) is 6.10 Å². The summed E-state index contributed by atoms with van der Waals surface area (Å²) in [6.07, 6.45) is 3.09. The number of aliphatic hydroxyl groups excluding tert-OH is 1. The van der Waals surface area contributed by atoms with Crippen LogP contribution in [-0.4, -0.2) is 52.7 Å². The number of aliphatic hydroxyl groups is 1. The van der Waals surface area contributed by atoms with Crippen molar-refractivity contribution in [3.8, 4) is 0 Å². The van der Waals surface area contributed by atoms with Gasteiger partial charge in [-0.05, 0) is 23.8 Å². The van der Waals surface area contributed by atoms with Gasteiger partial charge in [0.1, 0.15) is 0 Å². The lowest BCUT2D eigenvalue weighted by molar-refractivity contribution is 0.109. The van der Waals surface area contributed by atoms with Gasteiger partial charge < -0.3 is 10.0 Å². The minimum Gasteiger partial charge on any atom is -0.387 e. The maximum atomic E-state index is 10.4. The molecular weight excluding hydrogens is 344 g/mol. The van der Waals surface area contributed by atoms with Crippen LogP contribution in [0.25, 0.3) is 0 Å². The van der Waals surface area contributed by atoms with Gasteiger partial charge in [-0.3, -0.25) is 4.90 Å². The molecule has 0 unspecified atom stereocenters. The molecule has 2 heterocycles. The SMILES string of the molecule is O[C@@H](CN1CCN(c2ncccn2)CC1)c1ccc(Br)cc1. The Labute approximate surface area is 138 Å². The summed E-state index contributed by atoms with van der Waals surface area (Å²) < 4.78 is 1.03. The van der Waals surface area contributed by atoms with E-state index in [1.807, 2.05) is 30.3 Å². The van der Waals surface area contributed by atoms with Gasteiger partial charge in [-0.2, -0.15) is 0 Å². The highest BCUT2D eigenvalue weighted by Gasteiger charge is 2.21. The Hall–Kier alpha value is -1.50. The topological polar surface area (TPSA) is 52.5 Å². The lowest BCUT2D eigenvalue weighted by Crippen LogP contribution is -2.48. The predicted molar refractivity (Wildman–Crippen MR) is 89.8 cm³/mol. The molecule has 1 aromatic carbocycles. The van der Waals surface area contributed by atoms with Crippen molar-refractivity contribution < 1.29 is 5.11 Å². The molecular formula is C16H19BrN4O. The smallest absolute Gasteiger partial charge is 0.225 e. The van der Waals surface area contributed by atoms with E-state index in [9.17, 15) is 5.11 Å². The molecule has 5 nitrogen and oxygen atoms in total. The van der Waals surface area contributed by atoms with Crippen molar-refractivity contribution >= 4 is 21.9 Å². The van der Waals surface area contributed by atoms with E-state index in [2.05, 4.69) is 35.7 Å². The number of aromatic nitrogens is 2.